The minimum Gasteiger partial charge on any atom is -0.352 e. The zero-order valence-corrected chi connectivity index (χ0v) is 18.0. The molecule has 3 amide bonds. The lowest BCUT2D eigenvalue weighted by Crippen LogP contribution is -2.64. The van der Waals surface area contributed by atoms with E-state index in [4.69, 9.17) is 0 Å². The van der Waals surface area contributed by atoms with Gasteiger partial charge < -0.3 is 15.1 Å². The zero-order valence-electron chi connectivity index (χ0n) is 18.0. The first-order valence-electron chi connectivity index (χ1n) is 11.3. The van der Waals surface area contributed by atoms with Crippen LogP contribution in [0.2, 0.25) is 0 Å². The van der Waals surface area contributed by atoms with Gasteiger partial charge in [-0.2, -0.15) is 4.99 Å². The summed E-state index contributed by atoms with van der Waals surface area (Å²) in [6.45, 7) is 3.80. The van der Waals surface area contributed by atoms with Crippen molar-refractivity contribution in [2.24, 2.45) is 4.99 Å². The van der Waals surface area contributed by atoms with Crippen molar-refractivity contribution >= 4 is 23.6 Å². The van der Waals surface area contributed by atoms with Gasteiger partial charge in [0.25, 0.3) is 5.91 Å². The average molecular weight is 413 g/mol. The van der Waals surface area contributed by atoms with Crippen LogP contribution in [0.15, 0.2) is 28.9 Å². The number of fused-ring (bicyclic) bond motifs is 1. The molecule has 4 aliphatic rings. The van der Waals surface area contributed by atoms with Crippen LogP contribution in [0.1, 0.15) is 71.6 Å². The van der Waals surface area contributed by atoms with Crippen LogP contribution in [0.4, 0.5) is 0 Å². The summed E-state index contributed by atoms with van der Waals surface area (Å²) >= 11 is 0. The number of aliphatic imine (C=N–C) groups is 1. The average Bonchev–Trinajstić information content (AvgIpc) is 3.39. The third-order valence-corrected chi connectivity index (χ3v) is 6.91. The Hall–Kier alpha value is -2.44. The fraction of sp³-hybridized carbons (Fsp3) is 0.652. The van der Waals surface area contributed by atoms with E-state index in [9.17, 15) is 14.4 Å². The topological polar surface area (TPSA) is 82.1 Å². The van der Waals surface area contributed by atoms with Gasteiger partial charge in [0.1, 0.15) is 11.4 Å². The number of carbonyl (C=O) groups is 3. The summed E-state index contributed by atoms with van der Waals surface area (Å²) in [7, 11) is 0. The number of hydrogen-bond acceptors (Lipinski definition) is 4. The molecule has 2 aliphatic heterocycles. The first kappa shape index (κ1) is 20.8. The molecule has 7 heteroatoms. The van der Waals surface area contributed by atoms with Gasteiger partial charge in [-0.05, 0) is 51.7 Å². The second-order valence-electron chi connectivity index (χ2n) is 9.24. The Bertz CT molecular complexity index is 818. The molecule has 1 N–H and O–H groups in total. The Kier molecular flexibility index (Phi) is 5.80. The summed E-state index contributed by atoms with van der Waals surface area (Å²) in [5.74, 6) is -0.0329. The lowest BCUT2D eigenvalue weighted by atomic mass is 9.88. The van der Waals surface area contributed by atoms with Crippen molar-refractivity contribution in [2.45, 2.75) is 89.3 Å². The largest absolute Gasteiger partial charge is 0.352 e. The van der Waals surface area contributed by atoms with Crippen LogP contribution in [0.3, 0.4) is 0 Å². The number of nitrogens with one attached hydrogen (secondary N) is 1. The SMILES string of the molecule is CC1=CC=CC2=NC(=O)C[C@](C)(C(=O)N(CC(=O)NC3CCCC3)C3CCCC3)N12. The van der Waals surface area contributed by atoms with Gasteiger partial charge in [-0.25, -0.2) is 0 Å². The van der Waals surface area contributed by atoms with Crippen LogP contribution in [-0.2, 0) is 14.4 Å². The first-order valence-corrected chi connectivity index (χ1v) is 11.3. The van der Waals surface area contributed by atoms with Crippen molar-refractivity contribution in [3.63, 3.8) is 0 Å². The van der Waals surface area contributed by atoms with E-state index < -0.39 is 5.54 Å². The van der Waals surface area contributed by atoms with Gasteiger partial charge in [-0.15, -0.1) is 0 Å². The van der Waals surface area contributed by atoms with Gasteiger partial charge in [0, 0.05) is 17.8 Å². The minimum absolute atomic E-state index is 0.0157. The summed E-state index contributed by atoms with van der Waals surface area (Å²) in [6, 6.07) is 0.270. The molecule has 0 bridgehead atoms. The second kappa shape index (κ2) is 8.36. The third kappa shape index (κ3) is 3.94. The molecular formula is C23H32N4O3. The Balaban J connectivity index is 1.59. The van der Waals surface area contributed by atoms with Crippen LogP contribution in [-0.4, -0.2) is 57.5 Å². The maximum atomic E-state index is 14.0. The molecule has 2 saturated carbocycles. The third-order valence-electron chi connectivity index (χ3n) is 6.91. The summed E-state index contributed by atoms with van der Waals surface area (Å²) in [6.07, 6.45) is 13.8. The van der Waals surface area contributed by atoms with E-state index in [0.717, 1.165) is 57.1 Å². The molecule has 2 heterocycles. The van der Waals surface area contributed by atoms with E-state index >= 15 is 0 Å². The van der Waals surface area contributed by atoms with Crippen molar-refractivity contribution in [3.05, 3.63) is 23.9 Å². The molecule has 1 atom stereocenters. The van der Waals surface area contributed by atoms with Crippen molar-refractivity contribution < 1.29 is 14.4 Å². The molecule has 0 radical (unpaired) electrons. The van der Waals surface area contributed by atoms with E-state index in [2.05, 4.69) is 10.3 Å². The number of amides is 3. The fourth-order valence-electron chi connectivity index (χ4n) is 5.43. The molecule has 0 aromatic heterocycles. The molecule has 0 aromatic carbocycles. The Morgan fingerprint density at radius 1 is 1.20 bits per heavy atom. The molecule has 4 rings (SSSR count). The van der Waals surface area contributed by atoms with Crippen molar-refractivity contribution in [3.8, 4) is 0 Å². The molecule has 7 nitrogen and oxygen atoms in total. The standard InChI is InChI=1S/C23H32N4O3/c1-16-8-7-13-19-25-20(28)14-23(2,27(16)19)22(30)26(18-11-5-6-12-18)15-21(29)24-17-9-3-4-10-17/h7-8,13,17-18H,3-6,9-12,14-15H2,1-2H3,(H,24,29)/t23-/m1/s1. The van der Waals surface area contributed by atoms with Gasteiger partial charge in [0.15, 0.2) is 0 Å². The van der Waals surface area contributed by atoms with E-state index in [0.29, 0.717) is 5.84 Å². The molecule has 0 unspecified atom stereocenters. The molecule has 30 heavy (non-hydrogen) atoms. The summed E-state index contributed by atoms with van der Waals surface area (Å²) in [4.78, 5) is 47.0. The molecule has 0 aromatic rings. The van der Waals surface area contributed by atoms with Crippen molar-refractivity contribution in [1.29, 1.82) is 0 Å². The smallest absolute Gasteiger partial charge is 0.250 e. The van der Waals surface area contributed by atoms with Gasteiger partial charge in [0.2, 0.25) is 11.8 Å². The van der Waals surface area contributed by atoms with Crippen LogP contribution in [0, 0.1) is 0 Å². The van der Waals surface area contributed by atoms with Crippen molar-refractivity contribution in [2.75, 3.05) is 6.54 Å². The maximum Gasteiger partial charge on any atom is 0.250 e. The minimum atomic E-state index is -1.07. The van der Waals surface area contributed by atoms with Crippen LogP contribution in [0.5, 0.6) is 0 Å². The molecule has 0 saturated heterocycles. The highest BCUT2D eigenvalue weighted by Gasteiger charge is 2.50. The lowest BCUT2D eigenvalue weighted by molar-refractivity contribution is -0.148. The van der Waals surface area contributed by atoms with E-state index in [1.807, 2.05) is 30.9 Å². The van der Waals surface area contributed by atoms with Gasteiger partial charge in [-0.1, -0.05) is 31.8 Å². The van der Waals surface area contributed by atoms with E-state index in [-0.39, 0.29) is 42.8 Å². The highest BCUT2D eigenvalue weighted by Crippen LogP contribution is 2.35. The van der Waals surface area contributed by atoms with E-state index in [1.54, 1.807) is 11.0 Å². The summed E-state index contributed by atoms with van der Waals surface area (Å²) < 4.78 is 0. The Labute approximate surface area is 178 Å². The highest BCUT2D eigenvalue weighted by atomic mass is 16.2. The first-order chi connectivity index (χ1) is 14.4. The highest BCUT2D eigenvalue weighted by molar-refractivity contribution is 6.10. The Morgan fingerprint density at radius 2 is 1.87 bits per heavy atom. The molecule has 2 fully saturated rings. The number of rotatable bonds is 5. The van der Waals surface area contributed by atoms with Crippen LogP contribution < -0.4 is 5.32 Å². The van der Waals surface area contributed by atoms with Crippen molar-refractivity contribution in [1.82, 2.24) is 15.1 Å². The second-order valence-corrected chi connectivity index (χ2v) is 9.24. The summed E-state index contributed by atoms with van der Waals surface area (Å²) in [5.41, 5.74) is -0.197. The predicted octanol–water partition coefficient (Wildman–Crippen LogP) is 2.68. The summed E-state index contributed by atoms with van der Waals surface area (Å²) in [5, 5.41) is 3.12. The zero-order chi connectivity index (χ0) is 21.3. The Morgan fingerprint density at radius 3 is 2.57 bits per heavy atom. The number of amidine groups is 1. The van der Waals surface area contributed by atoms with E-state index in [1.165, 1.54) is 0 Å². The molecule has 162 valence electrons. The lowest BCUT2D eigenvalue weighted by Gasteiger charge is -2.47. The van der Waals surface area contributed by atoms with Gasteiger partial charge in [0.05, 0.1) is 13.0 Å². The monoisotopic (exact) mass is 412 g/mol. The number of carbonyl (C=O) groups excluding carboxylic acids is 3. The molecule has 2 aliphatic carbocycles. The number of nitrogens with zero attached hydrogens (tertiary/aromatic N) is 3. The number of hydrogen-bond donors (Lipinski definition) is 1. The fourth-order valence-corrected chi connectivity index (χ4v) is 5.43. The molecule has 0 spiro atoms. The van der Waals surface area contributed by atoms with Crippen LogP contribution in [0.25, 0.3) is 0 Å². The van der Waals surface area contributed by atoms with Crippen LogP contribution >= 0.6 is 0 Å². The number of allylic oxidation sites excluding steroid dienone is 3. The molecular weight excluding hydrogens is 380 g/mol. The normalized spacial score (nSPS) is 27.0. The van der Waals surface area contributed by atoms with Gasteiger partial charge in [-0.3, -0.25) is 14.4 Å². The van der Waals surface area contributed by atoms with Gasteiger partial charge >= 0.3 is 0 Å². The predicted molar refractivity (Wildman–Crippen MR) is 115 cm³/mol. The maximum absolute atomic E-state index is 14.0. The quantitative estimate of drug-likeness (QED) is 0.753.